The number of halogens is 2. The minimum atomic E-state index is -3.80. The predicted octanol–water partition coefficient (Wildman–Crippen LogP) is 3.54. The molecule has 1 aliphatic heterocycles. The Hall–Kier alpha value is -2.00. The first-order valence-electron chi connectivity index (χ1n) is 9.85. The SMILES string of the molecule is CC(C(=O)Nc1ccc(N2CCN(C)CC2)cc1)N(c1cc(Cl)ccc1Cl)S(C)(=O)=O. The molecule has 0 radical (unpaired) electrons. The van der Waals surface area contributed by atoms with E-state index in [-0.39, 0.29) is 10.7 Å². The van der Waals surface area contributed by atoms with Gasteiger partial charge in [-0.25, -0.2) is 8.42 Å². The molecule has 2 aromatic rings. The fourth-order valence-electron chi connectivity index (χ4n) is 3.50. The summed E-state index contributed by atoms with van der Waals surface area (Å²) in [5.41, 5.74) is 1.83. The minimum absolute atomic E-state index is 0.157. The molecule has 3 rings (SSSR count). The molecule has 2 aromatic carbocycles. The van der Waals surface area contributed by atoms with Gasteiger partial charge in [-0.15, -0.1) is 0 Å². The van der Waals surface area contributed by atoms with Crippen LogP contribution >= 0.6 is 23.2 Å². The molecule has 1 heterocycles. The van der Waals surface area contributed by atoms with Crippen LogP contribution in [0.5, 0.6) is 0 Å². The number of nitrogens with one attached hydrogen (secondary N) is 1. The van der Waals surface area contributed by atoms with Gasteiger partial charge in [0, 0.05) is 42.6 Å². The number of nitrogens with zero attached hydrogens (tertiary/aromatic N) is 3. The van der Waals surface area contributed by atoms with Crippen molar-refractivity contribution in [2.75, 3.05) is 54.0 Å². The Labute approximate surface area is 193 Å². The average Bonchev–Trinajstić information content (AvgIpc) is 2.71. The first kappa shape index (κ1) is 23.7. The van der Waals surface area contributed by atoms with E-state index in [0.29, 0.717) is 10.7 Å². The Kier molecular flexibility index (Phi) is 7.36. The maximum absolute atomic E-state index is 12.9. The predicted molar refractivity (Wildman–Crippen MR) is 128 cm³/mol. The normalized spacial score (nSPS) is 16.1. The van der Waals surface area contributed by atoms with Gasteiger partial charge in [0.1, 0.15) is 6.04 Å². The maximum Gasteiger partial charge on any atom is 0.247 e. The van der Waals surface area contributed by atoms with Crippen LogP contribution in [0.3, 0.4) is 0 Å². The molecule has 7 nitrogen and oxygen atoms in total. The molecule has 0 spiro atoms. The second-order valence-corrected chi connectivity index (χ2v) is 10.4. The zero-order valence-corrected chi connectivity index (χ0v) is 20.0. The Morgan fingerprint density at radius 1 is 1.06 bits per heavy atom. The lowest BCUT2D eigenvalue weighted by molar-refractivity contribution is -0.116. The van der Waals surface area contributed by atoms with Crippen molar-refractivity contribution < 1.29 is 13.2 Å². The molecule has 1 amide bonds. The van der Waals surface area contributed by atoms with E-state index >= 15 is 0 Å². The lowest BCUT2D eigenvalue weighted by Crippen LogP contribution is -2.45. The van der Waals surface area contributed by atoms with Gasteiger partial charge in [-0.05, 0) is 56.4 Å². The number of benzene rings is 2. The average molecular weight is 485 g/mol. The second kappa shape index (κ2) is 9.65. The van der Waals surface area contributed by atoms with Gasteiger partial charge in [0.25, 0.3) is 0 Å². The number of carbonyl (C=O) groups is 1. The summed E-state index contributed by atoms with van der Waals surface area (Å²) in [6.07, 6.45) is 1.03. The van der Waals surface area contributed by atoms with Crippen LogP contribution in [0.2, 0.25) is 10.0 Å². The highest BCUT2D eigenvalue weighted by Crippen LogP contribution is 2.32. The van der Waals surface area contributed by atoms with Gasteiger partial charge >= 0.3 is 0 Å². The van der Waals surface area contributed by atoms with Crippen molar-refractivity contribution >= 4 is 56.2 Å². The van der Waals surface area contributed by atoms with Gasteiger partial charge in [-0.1, -0.05) is 23.2 Å². The summed E-state index contributed by atoms with van der Waals surface area (Å²) >= 11 is 12.2. The van der Waals surface area contributed by atoms with E-state index in [4.69, 9.17) is 23.2 Å². The summed E-state index contributed by atoms with van der Waals surface area (Å²) < 4.78 is 25.9. The fraction of sp³-hybridized carbons (Fsp3) is 0.381. The Morgan fingerprint density at radius 2 is 1.68 bits per heavy atom. The van der Waals surface area contributed by atoms with E-state index < -0.39 is 22.0 Å². The molecule has 1 unspecified atom stereocenters. The summed E-state index contributed by atoms with van der Waals surface area (Å²) in [5.74, 6) is -0.478. The molecular weight excluding hydrogens is 459 g/mol. The number of carbonyl (C=O) groups excluding carboxylic acids is 1. The summed E-state index contributed by atoms with van der Waals surface area (Å²) in [6.45, 7) is 5.41. The van der Waals surface area contributed by atoms with Crippen LogP contribution in [-0.4, -0.2) is 64.7 Å². The van der Waals surface area contributed by atoms with Gasteiger partial charge in [-0.3, -0.25) is 9.10 Å². The van der Waals surface area contributed by atoms with Crippen LogP contribution in [0.1, 0.15) is 6.92 Å². The number of hydrogen-bond donors (Lipinski definition) is 1. The molecule has 1 fully saturated rings. The second-order valence-electron chi connectivity index (χ2n) is 7.66. The van der Waals surface area contributed by atoms with E-state index in [9.17, 15) is 13.2 Å². The highest BCUT2D eigenvalue weighted by Gasteiger charge is 2.31. The molecule has 0 bridgehead atoms. The van der Waals surface area contributed by atoms with Crippen molar-refractivity contribution in [2.45, 2.75) is 13.0 Å². The van der Waals surface area contributed by atoms with E-state index in [0.717, 1.165) is 42.4 Å². The van der Waals surface area contributed by atoms with Crippen molar-refractivity contribution in [3.63, 3.8) is 0 Å². The number of anilines is 3. The van der Waals surface area contributed by atoms with Crippen molar-refractivity contribution in [3.8, 4) is 0 Å². The number of likely N-dealkylation sites (N-methyl/N-ethyl adjacent to an activating group) is 1. The Balaban J connectivity index is 1.75. The smallest absolute Gasteiger partial charge is 0.247 e. The van der Waals surface area contributed by atoms with Crippen molar-refractivity contribution in [1.29, 1.82) is 0 Å². The highest BCUT2D eigenvalue weighted by molar-refractivity contribution is 7.92. The van der Waals surface area contributed by atoms with Gasteiger partial charge in [0.05, 0.1) is 17.0 Å². The first-order valence-corrected chi connectivity index (χ1v) is 12.5. The highest BCUT2D eigenvalue weighted by atomic mass is 35.5. The number of rotatable bonds is 6. The van der Waals surface area contributed by atoms with Crippen molar-refractivity contribution in [3.05, 3.63) is 52.5 Å². The number of piperazine rings is 1. The van der Waals surface area contributed by atoms with Crippen LogP contribution < -0.4 is 14.5 Å². The number of sulfonamides is 1. The summed E-state index contributed by atoms with van der Waals surface area (Å²) in [7, 11) is -1.70. The van der Waals surface area contributed by atoms with Crippen LogP contribution in [0.25, 0.3) is 0 Å². The van der Waals surface area contributed by atoms with E-state index in [1.54, 1.807) is 6.07 Å². The molecule has 0 aromatic heterocycles. The summed E-state index contributed by atoms with van der Waals surface area (Å²) in [4.78, 5) is 17.5. The van der Waals surface area contributed by atoms with Crippen LogP contribution in [-0.2, 0) is 14.8 Å². The van der Waals surface area contributed by atoms with E-state index in [1.165, 1.54) is 19.1 Å². The zero-order valence-electron chi connectivity index (χ0n) is 17.7. The molecule has 168 valence electrons. The largest absolute Gasteiger partial charge is 0.369 e. The minimum Gasteiger partial charge on any atom is -0.369 e. The molecule has 31 heavy (non-hydrogen) atoms. The van der Waals surface area contributed by atoms with E-state index in [1.807, 2.05) is 24.3 Å². The van der Waals surface area contributed by atoms with Crippen LogP contribution in [0, 0.1) is 0 Å². The zero-order chi connectivity index (χ0) is 22.8. The standard InChI is InChI=1S/C21H26Cl2N4O3S/c1-15(27(31(3,29)30)20-14-16(22)4-9-19(20)23)21(28)24-17-5-7-18(8-6-17)26-12-10-25(2)11-13-26/h4-9,14-15H,10-13H2,1-3H3,(H,24,28). The molecule has 1 saturated heterocycles. The fourth-order valence-corrected chi connectivity index (χ4v) is 5.11. The van der Waals surface area contributed by atoms with Gasteiger partial charge < -0.3 is 15.1 Å². The quantitative estimate of drug-likeness (QED) is 0.678. The van der Waals surface area contributed by atoms with Crippen molar-refractivity contribution in [2.24, 2.45) is 0 Å². The Morgan fingerprint density at radius 3 is 2.26 bits per heavy atom. The third-order valence-electron chi connectivity index (χ3n) is 5.24. The number of amides is 1. The van der Waals surface area contributed by atoms with Gasteiger partial charge in [0.2, 0.25) is 15.9 Å². The lowest BCUT2D eigenvalue weighted by Gasteiger charge is -2.34. The van der Waals surface area contributed by atoms with Crippen LogP contribution in [0.15, 0.2) is 42.5 Å². The molecule has 1 aliphatic rings. The monoisotopic (exact) mass is 484 g/mol. The summed E-state index contributed by atoms with van der Waals surface area (Å²) in [5, 5.41) is 3.29. The van der Waals surface area contributed by atoms with Gasteiger partial charge in [-0.2, -0.15) is 0 Å². The molecule has 1 N–H and O–H groups in total. The van der Waals surface area contributed by atoms with E-state index in [2.05, 4.69) is 22.2 Å². The van der Waals surface area contributed by atoms with Crippen LogP contribution in [0.4, 0.5) is 17.1 Å². The molecule has 1 atom stereocenters. The third kappa shape index (κ3) is 5.83. The molecular formula is C21H26Cl2N4O3S. The third-order valence-corrected chi connectivity index (χ3v) is 7.02. The summed E-state index contributed by atoms with van der Waals surface area (Å²) in [6, 6.07) is 11.0. The Bertz CT molecular complexity index is 1040. The topological polar surface area (TPSA) is 73.0 Å². The van der Waals surface area contributed by atoms with Crippen molar-refractivity contribution in [1.82, 2.24) is 4.90 Å². The molecule has 10 heteroatoms. The maximum atomic E-state index is 12.9. The number of hydrogen-bond acceptors (Lipinski definition) is 5. The molecule has 0 aliphatic carbocycles. The first-order chi connectivity index (χ1) is 14.6. The van der Waals surface area contributed by atoms with Gasteiger partial charge in [0.15, 0.2) is 0 Å². The lowest BCUT2D eigenvalue weighted by atomic mass is 10.2. The molecule has 0 saturated carbocycles.